The van der Waals surface area contributed by atoms with Crippen LogP contribution in [0.15, 0.2) is 46.5 Å². The minimum Gasteiger partial charge on any atom is -0.307 e. The van der Waals surface area contributed by atoms with E-state index in [1.807, 2.05) is 30.3 Å². The highest BCUT2D eigenvalue weighted by Gasteiger charge is 2.29. The van der Waals surface area contributed by atoms with Gasteiger partial charge in [-0.15, -0.1) is 11.8 Å². The molecule has 1 aromatic carbocycles. The first-order valence-corrected chi connectivity index (χ1v) is 7.68. The molecular weight excluding hydrogens is 280 g/mol. The van der Waals surface area contributed by atoms with E-state index in [-0.39, 0.29) is 17.9 Å². The molecule has 0 aliphatic heterocycles. The van der Waals surface area contributed by atoms with Crippen LogP contribution in [0.3, 0.4) is 0 Å². The quantitative estimate of drug-likeness (QED) is 0.781. The first-order valence-electron chi connectivity index (χ1n) is 6.69. The van der Waals surface area contributed by atoms with Crippen LogP contribution in [-0.2, 0) is 4.79 Å². The van der Waals surface area contributed by atoms with Gasteiger partial charge < -0.3 is 4.79 Å². The average molecular weight is 294 g/mol. The Balaban J connectivity index is 2.64. The lowest BCUT2D eigenvalue weighted by atomic mass is 9.89. The maximum Gasteiger partial charge on any atom is 0.238 e. The minimum absolute atomic E-state index is 0.0820. The van der Waals surface area contributed by atoms with Crippen LogP contribution in [0, 0.1) is 17.9 Å². The molecule has 3 nitrogen and oxygen atoms in total. The number of allylic oxidation sites excluding steroid dienone is 4. The SMILES string of the molecule is [C-]#[N+]C1=C(c2ccccc2)C(C#N)=C(SCCC)CC1=O. The second kappa shape index (κ2) is 6.92. The number of nitrogens with zero attached hydrogens (tertiary/aromatic N) is 2. The predicted octanol–water partition coefficient (Wildman–Crippen LogP) is 4.21. The molecule has 1 aliphatic carbocycles. The summed E-state index contributed by atoms with van der Waals surface area (Å²) < 4.78 is 0. The first-order chi connectivity index (χ1) is 10.2. The van der Waals surface area contributed by atoms with Gasteiger partial charge in [-0.25, -0.2) is 4.85 Å². The van der Waals surface area contributed by atoms with Crippen LogP contribution >= 0.6 is 11.8 Å². The Labute approximate surface area is 128 Å². The number of carbonyl (C=O) groups is 1. The molecular formula is C17H14N2OS. The molecule has 0 bridgehead atoms. The van der Waals surface area contributed by atoms with E-state index < -0.39 is 0 Å². The third-order valence-corrected chi connectivity index (χ3v) is 4.43. The summed E-state index contributed by atoms with van der Waals surface area (Å²) in [5.41, 5.74) is 1.80. The maximum atomic E-state index is 12.2. The first kappa shape index (κ1) is 15.1. The van der Waals surface area contributed by atoms with Gasteiger partial charge in [0, 0.05) is 16.9 Å². The Hall–Kier alpha value is -2.30. The number of Topliss-reactive ketones (excluding diaryl/α,β-unsaturated/α-hetero) is 1. The Kier molecular flexibility index (Phi) is 4.98. The summed E-state index contributed by atoms with van der Waals surface area (Å²) in [7, 11) is 0. The normalized spacial score (nSPS) is 14.9. The molecule has 4 heteroatoms. The Morgan fingerprint density at radius 3 is 2.67 bits per heavy atom. The number of benzene rings is 1. The van der Waals surface area contributed by atoms with Crippen molar-refractivity contribution in [2.75, 3.05) is 5.75 Å². The summed E-state index contributed by atoms with van der Waals surface area (Å²) in [5, 5.41) is 9.52. The lowest BCUT2D eigenvalue weighted by Gasteiger charge is -2.19. The van der Waals surface area contributed by atoms with Crippen LogP contribution in [0.1, 0.15) is 25.3 Å². The number of hydrogen-bond donors (Lipinski definition) is 0. The van der Waals surface area contributed by atoms with Crippen molar-refractivity contribution >= 4 is 23.1 Å². The zero-order valence-corrected chi connectivity index (χ0v) is 12.5. The molecule has 0 amide bonds. The minimum atomic E-state index is -0.193. The molecule has 0 saturated heterocycles. The molecule has 0 aromatic heterocycles. The molecule has 0 spiro atoms. The van der Waals surface area contributed by atoms with E-state index in [4.69, 9.17) is 6.57 Å². The second-order valence-corrected chi connectivity index (χ2v) is 5.75. The van der Waals surface area contributed by atoms with Crippen LogP contribution in [0.25, 0.3) is 10.4 Å². The van der Waals surface area contributed by atoms with E-state index in [0.717, 1.165) is 22.6 Å². The molecule has 0 heterocycles. The second-order valence-electron chi connectivity index (χ2n) is 4.56. The molecule has 2 rings (SSSR count). The number of rotatable bonds is 4. The van der Waals surface area contributed by atoms with Gasteiger partial charge in [0.1, 0.15) is 0 Å². The summed E-state index contributed by atoms with van der Waals surface area (Å²) in [4.78, 5) is 16.4. The van der Waals surface area contributed by atoms with Crippen molar-refractivity contribution in [2.24, 2.45) is 0 Å². The van der Waals surface area contributed by atoms with Gasteiger partial charge in [-0.05, 0) is 17.7 Å². The highest BCUT2D eigenvalue weighted by molar-refractivity contribution is 8.03. The van der Waals surface area contributed by atoms with Gasteiger partial charge in [0.05, 0.1) is 18.2 Å². The molecule has 1 aromatic rings. The van der Waals surface area contributed by atoms with Gasteiger partial charge in [0.2, 0.25) is 5.70 Å². The van der Waals surface area contributed by atoms with Gasteiger partial charge in [-0.2, -0.15) is 5.26 Å². The van der Waals surface area contributed by atoms with E-state index in [9.17, 15) is 10.1 Å². The highest BCUT2D eigenvalue weighted by atomic mass is 32.2. The number of thioether (sulfide) groups is 1. The highest BCUT2D eigenvalue weighted by Crippen LogP contribution is 2.40. The average Bonchev–Trinajstić information content (AvgIpc) is 2.52. The Bertz CT molecular complexity index is 703. The third-order valence-electron chi connectivity index (χ3n) is 3.12. The largest absolute Gasteiger partial charge is 0.307 e. The fraction of sp³-hybridized carbons (Fsp3) is 0.235. The lowest BCUT2D eigenvalue weighted by molar-refractivity contribution is -0.114. The lowest BCUT2D eigenvalue weighted by Crippen LogP contribution is -2.12. The van der Waals surface area contributed by atoms with E-state index in [2.05, 4.69) is 17.8 Å². The van der Waals surface area contributed by atoms with E-state index in [0.29, 0.717) is 11.1 Å². The van der Waals surface area contributed by atoms with Crippen molar-refractivity contribution in [1.29, 1.82) is 5.26 Å². The van der Waals surface area contributed by atoms with Crippen molar-refractivity contribution in [3.05, 3.63) is 63.5 Å². The van der Waals surface area contributed by atoms with Crippen molar-refractivity contribution < 1.29 is 4.79 Å². The third kappa shape index (κ3) is 3.07. The van der Waals surface area contributed by atoms with Gasteiger partial charge in [0.15, 0.2) is 5.78 Å². The van der Waals surface area contributed by atoms with Gasteiger partial charge in [0.25, 0.3) is 0 Å². The van der Waals surface area contributed by atoms with E-state index in [1.165, 1.54) is 0 Å². The number of carbonyl (C=O) groups excluding carboxylic acids is 1. The number of ketones is 1. The van der Waals surface area contributed by atoms with Crippen molar-refractivity contribution in [3.8, 4) is 6.07 Å². The Morgan fingerprint density at radius 1 is 1.38 bits per heavy atom. The topological polar surface area (TPSA) is 45.2 Å². The summed E-state index contributed by atoms with van der Waals surface area (Å²) >= 11 is 1.54. The fourth-order valence-corrected chi connectivity index (χ4v) is 3.16. The van der Waals surface area contributed by atoms with Crippen LogP contribution in [0.5, 0.6) is 0 Å². The molecule has 0 unspecified atom stereocenters. The molecule has 0 fully saturated rings. The maximum absolute atomic E-state index is 12.2. The molecule has 0 atom stereocenters. The predicted molar refractivity (Wildman–Crippen MR) is 85.0 cm³/mol. The molecule has 104 valence electrons. The molecule has 1 aliphatic rings. The van der Waals surface area contributed by atoms with Gasteiger partial charge in [-0.3, -0.25) is 0 Å². The van der Waals surface area contributed by atoms with Gasteiger partial charge in [-0.1, -0.05) is 37.3 Å². The fourth-order valence-electron chi connectivity index (χ4n) is 2.19. The number of nitriles is 1. The van der Waals surface area contributed by atoms with Crippen LogP contribution in [0.2, 0.25) is 0 Å². The Morgan fingerprint density at radius 2 is 2.10 bits per heavy atom. The molecule has 0 saturated carbocycles. The zero-order valence-electron chi connectivity index (χ0n) is 11.7. The smallest absolute Gasteiger partial charge is 0.238 e. The molecule has 0 N–H and O–H groups in total. The standard InChI is InChI=1S/C17H14N2OS/c1-3-9-21-15-10-14(20)17(19-2)16(13(15)11-18)12-7-5-4-6-8-12/h4-8H,3,9-10H2,1H3. The van der Waals surface area contributed by atoms with Crippen LogP contribution < -0.4 is 0 Å². The van der Waals surface area contributed by atoms with Crippen molar-refractivity contribution in [2.45, 2.75) is 19.8 Å². The van der Waals surface area contributed by atoms with E-state index in [1.54, 1.807) is 11.8 Å². The molecule has 21 heavy (non-hydrogen) atoms. The zero-order chi connectivity index (χ0) is 15.2. The summed E-state index contributed by atoms with van der Waals surface area (Å²) in [6.07, 6.45) is 1.14. The van der Waals surface area contributed by atoms with E-state index >= 15 is 0 Å². The monoisotopic (exact) mass is 294 g/mol. The van der Waals surface area contributed by atoms with Crippen molar-refractivity contribution in [3.63, 3.8) is 0 Å². The van der Waals surface area contributed by atoms with Crippen molar-refractivity contribution in [1.82, 2.24) is 0 Å². The summed E-state index contributed by atoms with van der Waals surface area (Å²) in [5.74, 6) is 0.671. The van der Waals surface area contributed by atoms with Crippen LogP contribution in [0.4, 0.5) is 0 Å². The van der Waals surface area contributed by atoms with Gasteiger partial charge >= 0.3 is 0 Å². The summed E-state index contributed by atoms with van der Waals surface area (Å²) in [6, 6.07) is 11.4. The number of hydrogen-bond acceptors (Lipinski definition) is 3. The molecule has 0 radical (unpaired) electrons. The van der Waals surface area contributed by atoms with Crippen LogP contribution in [-0.4, -0.2) is 11.5 Å². The summed E-state index contributed by atoms with van der Waals surface area (Å²) in [6.45, 7) is 9.34.